The van der Waals surface area contributed by atoms with Crippen LogP contribution in [0.25, 0.3) is 11.1 Å². The molecule has 0 fully saturated rings. The number of alkyl halides is 4. The van der Waals surface area contributed by atoms with Crippen LogP contribution in [0.5, 0.6) is 5.75 Å². The molecule has 45 heavy (non-hydrogen) atoms. The lowest BCUT2D eigenvalue weighted by Crippen LogP contribution is -2.49. The van der Waals surface area contributed by atoms with Gasteiger partial charge >= 0.3 is 18.1 Å². The summed E-state index contributed by atoms with van der Waals surface area (Å²) < 4.78 is 72.4. The molecule has 0 saturated heterocycles. The number of rotatable bonds is 18. The summed E-state index contributed by atoms with van der Waals surface area (Å²) in [6.07, 6.45) is 4.14. The smallest absolute Gasteiger partial charge is 0.425 e. The van der Waals surface area contributed by atoms with Crippen molar-refractivity contribution in [3.05, 3.63) is 78.4 Å². The van der Waals surface area contributed by atoms with Crippen LogP contribution in [0, 0.1) is 0 Å². The van der Waals surface area contributed by atoms with Gasteiger partial charge in [0.2, 0.25) is 0 Å². The molecule has 0 amide bonds. The molecule has 2 aromatic carbocycles. The minimum Gasteiger partial charge on any atom is -0.494 e. The molecule has 0 heterocycles. The van der Waals surface area contributed by atoms with Crippen LogP contribution >= 0.6 is 0 Å². The van der Waals surface area contributed by atoms with Crippen molar-refractivity contribution in [3.8, 4) is 16.9 Å². The fraction of sp³-hybridized carbons (Fsp3) is 0.500. The van der Waals surface area contributed by atoms with Gasteiger partial charge in [-0.25, -0.2) is 14.0 Å². The van der Waals surface area contributed by atoms with Gasteiger partial charge in [0.05, 0.1) is 12.2 Å². The monoisotopic (exact) mass is 632 g/mol. The minimum absolute atomic E-state index is 0.0837. The molecule has 0 radical (unpaired) electrons. The zero-order valence-corrected chi connectivity index (χ0v) is 26.1. The Labute approximate surface area is 263 Å². The molecule has 0 bridgehead atoms. The van der Waals surface area contributed by atoms with Crippen molar-refractivity contribution in [3.63, 3.8) is 0 Å². The number of halogens is 4. The minimum atomic E-state index is -4.86. The summed E-state index contributed by atoms with van der Waals surface area (Å²) in [7, 11) is 0. The predicted molar refractivity (Wildman–Crippen MR) is 167 cm³/mol. The second-order valence-electron chi connectivity index (χ2n) is 11.3. The van der Waals surface area contributed by atoms with Gasteiger partial charge in [-0.3, -0.25) is 0 Å². The van der Waals surface area contributed by atoms with Crippen LogP contribution in [-0.4, -0.2) is 42.6 Å². The highest BCUT2D eigenvalue weighted by Gasteiger charge is 2.52. The van der Waals surface area contributed by atoms with Crippen LogP contribution in [0.3, 0.4) is 0 Å². The fourth-order valence-electron chi connectivity index (χ4n) is 4.97. The van der Waals surface area contributed by atoms with Crippen LogP contribution in [0.4, 0.5) is 17.6 Å². The predicted octanol–water partition coefficient (Wildman–Crippen LogP) is 9.90. The summed E-state index contributed by atoms with van der Waals surface area (Å²) in [5.41, 5.74) is -1.33. The van der Waals surface area contributed by atoms with Gasteiger partial charge in [0.15, 0.2) is 12.2 Å². The van der Waals surface area contributed by atoms with Crippen molar-refractivity contribution in [2.45, 2.75) is 109 Å². The number of carbonyl (C=O) groups excluding carboxylic acids is 2. The van der Waals surface area contributed by atoms with E-state index in [4.69, 9.17) is 9.47 Å². The third-order valence-electron chi connectivity index (χ3n) is 7.71. The van der Waals surface area contributed by atoms with E-state index < -0.39 is 42.4 Å². The normalized spacial score (nSPS) is 18.4. The van der Waals surface area contributed by atoms with E-state index in [1.54, 1.807) is 12.1 Å². The zero-order valence-electron chi connectivity index (χ0n) is 26.1. The van der Waals surface area contributed by atoms with Crippen molar-refractivity contribution in [1.82, 2.24) is 0 Å². The molecule has 5 nitrogen and oxygen atoms in total. The standard InChI is InChI=1S/C36H44F4O5/c1-3-5-7-9-10-14-26-43-30-23-21-28(22-24-30)27-17-19-29(20-18-27)33(41)44-31-15-12-13-25-35(31,37)34(42)45-32(36(38,39)40)16-11-8-6-4-2/h12-13,15,17-25,31-32H,3-11,14,16,26H2,1-2H3. The first-order valence-corrected chi connectivity index (χ1v) is 16.0. The Morgan fingerprint density at radius 3 is 2.00 bits per heavy atom. The molecule has 0 spiro atoms. The van der Waals surface area contributed by atoms with E-state index in [-0.39, 0.29) is 12.0 Å². The summed E-state index contributed by atoms with van der Waals surface area (Å²) in [4.78, 5) is 25.7. The van der Waals surface area contributed by atoms with Gasteiger partial charge in [-0.2, -0.15) is 13.2 Å². The first-order chi connectivity index (χ1) is 21.6. The van der Waals surface area contributed by atoms with E-state index >= 15 is 4.39 Å². The molecule has 3 rings (SSSR count). The van der Waals surface area contributed by atoms with E-state index in [1.165, 1.54) is 43.9 Å². The third-order valence-corrected chi connectivity index (χ3v) is 7.71. The first-order valence-electron chi connectivity index (χ1n) is 16.0. The van der Waals surface area contributed by atoms with Crippen molar-refractivity contribution in [1.29, 1.82) is 0 Å². The number of carbonyl (C=O) groups is 2. The van der Waals surface area contributed by atoms with Crippen LogP contribution in [0.2, 0.25) is 0 Å². The summed E-state index contributed by atoms with van der Waals surface area (Å²) >= 11 is 0. The molecule has 1 aliphatic carbocycles. The summed E-state index contributed by atoms with van der Waals surface area (Å²) in [6, 6.07) is 14.0. The third kappa shape index (κ3) is 11.0. The zero-order chi connectivity index (χ0) is 32.7. The lowest BCUT2D eigenvalue weighted by molar-refractivity contribution is -0.229. The molecular formula is C36H44F4O5. The van der Waals surface area contributed by atoms with Gasteiger partial charge in [-0.15, -0.1) is 0 Å². The molecule has 2 aromatic rings. The number of hydrogen-bond acceptors (Lipinski definition) is 5. The SMILES string of the molecule is CCCCCCCCOc1ccc(-c2ccc(C(=O)OC3C=CC=CC3(F)C(=O)OC(CCCCCC)C(F)(F)F)cc2)cc1. The van der Waals surface area contributed by atoms with E-state index in [2.05, 4.69) is 11.7 Å². The molecular weight excluding hydrogens is 588 g/mol. The average Bonchev–Trinajstić information content (AvgIpc) is 3.03. The average molecular weight is 633 g/mol. The van der Waals surface area contributed by atoms with Gasteiger partial charge in [0, 0.05) is 0 Å². The number of esters is 2. The van der Waals surface area contributed by atoms with Gasteiger partial charge in [0.1, 0.15) is 5.75 Å². The number of hydrogen-bond donors (Lipinski definition) is 0. The maximum absolute atomic E-state index is 15.9. The van der Waals surface area contributed by atoms with Crippen molar-refractivity contribution >= 4 is 11.9 Å². The van der Waals surface area contributed by atoms with Gasteiger partial charge in [0.25, 0.3) is 5.67 Å². The number of allylic oxidation sites excluding steroid dienone is 2. The van der Waals surface area contributed by atoms with Crippen LogP contribution in [-0.2, 0) is 14.3 Å². The highest BCUT2D eigenvalue weighted by atomic mass is 19.4. The van der Waals surface area contributed by atoms with Crippen molar-refractivity contribution in [2.75, 3.05) is 6.61 Å². The fourth-order valence-corrected chi connectivity index (χ4v) is 4.97. The summed E-state index contributed by atoms with van der Waals surface area (Å²) in [5.74, 6) is -1.92. The Balaban J connectivity index is 1.58. The highest BCUT2D eigenvalue weighted by Crippen LogP contribution is 2.33. The number of benzene rings is 2. The number of unbranched alkanes of at least 4 members (excludes halogenated alkanes) is 8. The Kier molecular flexibility index (Phi) is 14.2. The number of ether oxygens (including phenoxy) is 3. The second-order valence-corrected chi connectivity index (χ2v) is 11.3. The molecule has 0 N–H and O–H groups in total. The topological polar surface area (TPSA) is 61.8 Å². The molecule has 0 saturated carbocycles. The van der Waals surface area contributed by atoms with E-state index in [0.717, 1.165) is 60.8 Å². The van der Waals surface area contributed by atoms with Crippen LogP contribution in [0.15, 0.2) is 72.8 Å². The Morgan fingerprint density at radius 2 is 1.38 bits per heavy atom. The van der Waals surface area contributed by atoms with Crippen LogP contribution in [0.1, 0.15) is 94.8 Å². The molecule has 1 aliphatic rings. The van der Waals surface area contributed by atoms with Gasteiger partial charge in [-0.1, -0.05) is 102 Å². The molecule has 3 atom stereocenters. The van der Waals surface area contributed by atoms with Gasteiger partial charge in [-0.05, 0) is 66.8 Å². The molecule has 9 heteroatoms. The molecule has 0 aromatic heterocycles. The quantitative estimate of drug-likeness (QED) is 0.0930. The Hall–Kier alpha value is -3.62. The van der Waals surface area contributed by atoms with E-state index in [9.17, 15) is 22.8 Å². The van der Waals surface area contributed by atoms with E-state index in [1.807, 2.05) is 31.2 Å². The molecule has 246 valence electrons. The highest BCUT2D eigenvalue weighted by molar-refractivity contribution is 5.91. The maximum Gasteiger partial charge on any atom is 0.425 e. The largest absolute Gasteiger partial charge is 0.494 e. The Bertz CT molecular complexity index is 1250. The van der Waals surface area contributed by atoms with Crippen LogP contribution < -0.4 is 4.74 Å². The summed E-state index contributed by atoms with van der Waals surface area (Å²) in [5, 5.41) is 0. The molecule has 3 unspecified atom stereocenters. The molecule has 0 aliphatic heterocycles. The van der Waals surface area contributed by atoms with Gasteiger partial charge < -0.3 is 14.2 Å². The second kappa shape index (κ2) is 17.8. The first kappa shape index (κ1) is 35.9. The maximum atomic E-state index is 15.9. The Morgan fingerprint density at radius 1 is 0.800 bits per heavy atom. The lowest BCUT2D eigenvalue weighted by atomic mass is 9.93. The van der Waals surface area contributed by atoms with E-state index in [0.29, 0.717) is 13.0 Å². The van der Waals surface area contributed by atoms with Crippen molar-refractivity contribution < 1.29 is 41.4 Å². The summed E-state index contributed by atoms with van der Waals surface area (Å²) in [6.45, 7) is 4.77. The lowest BCUT2D eigenvalue weighted by Gasteiger charge is -2.31. The van der Waals surface area contributed by atoms with Crippen molar-refractivity contribution in [2.24, 2.45) is 0 Å².